The van der Waals surface area contributed by atoms with Crippen molar-refractivity contribution < 1.29 is 14.3 Å². The predicted octanol–water partition coefficient (Wildman–Crippen LogP) is 1.99. The minimum atomic E-state index is -0.188. The maximum Gasteiger partial charge on any atom is 0.309 e. The number of nitrogens with two attached hydrogens (primary N) is 1. The number of hydrogen-bond donors (Lipinski definition) is 1. The van der Waals surface area contributed by atoms with Crippen molar-refractivity contribution in [2.45, 2.75) is 19.3 Å². The monoisotopic (exact) mass is 235 g/mol. The smallest absolute Gasteiger partial charge is 0.309 e. The average molecular weight is 235 g/mol. The average Bonchev–Trinajstić information content (AvgIpc) is 3.13. The van der Waals surface area contributed by atoms with Gasteiger partial charge in [-0.1, -0.05) is 0 Å². The molecule has 2 rings (SSSR count). The van der Waals surface area contributed by atoms with Crippen LogP contribution in [0.15, 0.2) is 24.3 Å². The van der Waals surface area contributed by atoms with E-state index in [1.54, 1.807) is 24.3 Å². The van der Waals surface area contributed by atoms with E-state index in [2.05, 4.69) is 0 Å². The van der Waals surface area contributed by atoms with Gasteiger partial charge in [0.1, 0.15) is 5.75 Å². The summed E-state index contributed by atoms with van der Waals surface area (Å²) in [4.78, 5) is 11.3. The minimum absolute atomic E-state index is 0.188. The molecule has 0 aromatic heterocycles. The molecule has 0 aliphatic heterocycles. The van der Waals surface area contributed by atoms with E-state index in [1.807, 2.05) is 0 Å². The summed E-state index contributed by atoms with van der Waals surface area (Å²) in [6, 6.07) is 7.09. The van der Waals surface area contributed by atoms with Crippen LogP contribution in [0.5, 0.6) is 5.75 Å². The molecule has 1 aliphatic rings. The van der Waals surface area contributed by atoms with E-state index in [-0.39, 0.29) is 12.4 Å². The molecule has 0 unspecified atom stereocenters. The van der Waals surface area contributed by atoms with Crippen molar-refractivity contribution in [3.63, 3.8) is 0 Å². The number of nitrogen functional groups attached to an aromatic ring is 1. The first-order chi connectivity index (χ1) is 8.24. The molecule has 4 heteroatoms. The van der Waals surface area contributed by atoms with Crippen molar-refractivity contribution in [2.24, 2.45) is 5.92 Å². The summed E-state index contributed by atoms with van der Waals surface area (Å²) < 4.78 is 10.5. The first-order valence-electron chi connectivity index (χ1n) is 5.88. The topological polar surface area (TPSA) is 61.5 Å². The predicted molar refractivity (Wildman–Crippen MR) is 64.6 cm³/mol. The van der Waals surface area contributed by atoms with E-state index in [4.69, 9.17) is 15.2 Å². The Bertz CT molecular complexity index is 371. The highest BCUT2D eigenvalue weighted by Crippen LogP contribution is 2.28. The van der Waals surface area contributed by atoms with Gasteiger partial charge in [-0.15, -0.1) is 0 Å². The van der Waals surface area contributed by atoms with Crippen LogP contribution in [0, 0.1) is 5.92 Å². The van der Waals surface area contributed by atoms with Gasteiger partial charge in [-0.25, -0.2) is 0 Å². The van der Waals surface area contributed by atoms with E-state index >= 15 is 0 Å². The summed E-state index contributed by atoms with van der Waals surface area (Å²) in [5.41, 5.74) is 6.24. The fourth-order valence-corrected chi connectivity index (χ4v) is 1.38. The first kappa shape index (κ1) is 11.8. The molecule has 2 N–H and O–H groups in total. The Balaban J connectivity index is 1.61. The summed E-state index contributed by atoms with van der Waals surface area (Å²) in [7, 11) is 0. The van der Waals surface area contributed by atoms with Gasteiger partial charge in [-0.05, 0) is 43.0 Å². The molecule has 17 heavy (non-hydrogen) atoms. The van der Waals surface area contributed by atoms with Crippen LogP contribution in [-0.4, -0.2) is 19.2 Å². The third kappa shape index (κ3) is 4.34. The Labute approximate surface area is 101 Å². The molecule has 1 aromatic carbocycles. The van der Waals surface area contributed by atoms with Crippen LogP contribution >= 0.6 is 0 Å². The quantitative estimate of drug-likeness (QED) is 0.605. The van der Waals surface area contributed by atoms with Gasteiger partial charge in [0.25, 0.3) is 0 Å². The molecule has 1 saturated carbocycles. The standard InChI is InChI=1S/C13H17NO3/c14-11-3-5-12(6-4-11)16-8-7-13(15)17-9-10-1-2-10/h3-6,10H,1-2,7-9,14H2. The van der Waals surface area contributed by atoms with Gasteiger partial charge in [0.2, 0.25) is 0 Å². The van der Waals surface area contributed by atoms with Crippen molar-refractivity contribution >= 4 is 11.7 Å². The highest BCUT2D eigenvalue weighted by atomic mass is 16.5. The highest BCUT2D eigenvalue weighted by molar-refractivity contribution is 5.69. The second-order valence-corrected chi connectivity index (χ2v) is 4.29. The van der Waals surface area contributed by atoms with Crippen LogP contribution in [0.25, 0.3) is 0 Å². The lowest BCUT2D eigenvalue weighted by Gasteiger charge is -2.06. The molecule has 92 valence electrons. The van der Waals surface area contributed by atoms with E-state index in [9.17, 15) is 4.79 Å². The second kappa shape index (κ2) is 5.57. The third-order valence-electron chi connectivity index (χ3n) is 2.63. The van der Waals surface area contributed by atoms with Crippen LogP contribution in [0.2, 0.25) is 0 Å². The van der Waals surface area contributed by atoms with E-state index in [0.29, 0.717) is 30.6 Å². The molecule has 0 bridgehead atoms. The van der Waals surface area contributed by atoms with Crippen molar-refractivity contribution in [1.29, 1.82) is 0 Å². The van der Waals surface area contributed by atoms with Gasteiger partial charge in [-0.2, -0.15) is 0 Å². The number of rotatable bonds is 6. The molecule has 0 amide bonds. The zero-order valence-electron chi connectivity index (χ0n) is 9.72. The maximum absolute atomic E-state index is 11.3. The fourth-order valence-electron chi connectivity index (χ4n) is 1.38. The molecule has 0 saturated heterocycles. The lowest BCUT2D eigenvalue weighted by molar-refractivity contribution is -0.144. The summed E-state index contributed by atoms with van der Waals surface area (Å²) in [6.45, 7) is 0.911. The molecule has 0 atom stereocenters. The molecular formula is C13H17NO3. The van der Waals surface area contributed by atoms with Crippen molar-refractivity contribution in [3.05, 3.63) is 24.3 Å². The summed E-state index contributed by atoms with van der Waals surface area (Å²) >= 11 is 0. The van der Waals surface area contributed by atoms with Crippen LogP contribution in [-0.2, 0) is 9.53 Å². The number of esters is 1. The lowest BCUT2D eigenvalue weighted by atomic mass is 10.3. The highest BCUT2D eigenvalue weighted by Gasteiger charge is 2.22. The molecule has 0 spiro atoms. The van der Waals surface area contributed by atoms with E-state index in [1.165, 1.54) is 12.8 Å². The Morgan fingerprint density at radius 1 is 1.29 bits per heavy atom. The van der Waals surface area contributed by atoms with Crippen molar-refractivity contribution in [2.75, 3.05) is 18.9 Å². The first-order valence-corrected chi connectivity index (χ1v) is 5.88. The fraction of sp³-hybridized carbons (Fsp3) is 0.462. The molecule has 1 aliphatic carbocycles. The van der Waals surface area contributed by atoms with Crippen LogP contribution < -0.4 is 10.5 Å². The zero-order valence-corrected chi connectivity index (χ0v) is 9.72. The summed E-state index contributed by atoms with van der Waals surface area (Å²) in [5, 5.41) is 0. The number of ether oxygens (including phenoxy) is 2. The lowest BCUT2D eigenvalue weighted by Crippen LogP contribution is -2.11. The largest absolute Gasteiger partial charge is 0.493 e. The number of benzene rings is 1. The summed E-state index contributed by atoms with van der Waals surface area (Å²) in [6.07, 6.45) is 2.67. The minimum Gasteiger partial charge on any atom is -0.493 e. The molecule has 0 heterocycles. The molecule has 4 nitrogen and oxygen atoms in total. The number of carbonyl (C=O) groups is 1. The van der Waals surface area contributed by atoms with Crippen molar-refractivity contribution in [1.82, 2.24) is 0 Å². The Morgan fingerprint density at radius 3 is 2.65 bits per heavy atom. The van der Waals surface area contributed by atoms with Gasteiger partial charge in [-0.3, -0.25) is 4.79 Å². The van der Waals surface area contributed by atoms with Gasteiger partial charge in [0.15, 0.2) is 0 Å². The van der Waals surface area contributed by atoms with Gasteiger partial charge in [0, 0.05) is 5.69 Å². The SMILES string of the molecule is Nc1ccc(OCCC(=O)OCC2CC2)cc1. The van der Waals surface area contributed by atoms with E-state index < -0.39 is 0 Å². The number of hydrogen-bond acceptors (Lipinski definition) is 4. The normalized spacial score (nSPS) is 14.4. The van der Waals surface area contributed by atoms with Crippen LogP contribution in [0.3, 0.4) is 0 Å². The van der Waals surface area contributed by atoms with Crippen LogP contribution in [0.1, 0.15) is 19.3 Å². The van der Waals surface area contributed by atoms with Crippen molar-refractivity contribution in [3.8, 4) is 5.75 Å². The molecule has 1 aromatic rings. The number of anilines is 1. The number of carbonyl (C=O) groups excluding carboxylic acids is 1. The maximum atomic E-state index is 11.3. The Morgan fingerprint density at radius 2 is 2.00 bits per heavy atom. The second-order valence-electron chi connectivity index (χ2n) is 4.29. The zero-order chi connectivity index (χ0) is 12.1. The molecule has 1 fully saturated rings. The third-order valence-corrected chi connectivity index (χ3v) is 2.63. The molecular weight excluding hydrogens is 218 g/mol. The van der Waals surface area contributed by atoms with Gasteiger partial charge >= 0.3 is 5.97 Å². The van der Waals surface area contributed by atoms with Gasteiger partial charge < -0.3 is 15.2 Å². The van der Waals surface area contributed by atoms with E-state index in [0.717, 1.165) is 0 Å². The van der Waals surface area contributed by atoms with Gasteiger partial charge in [0.05, 0.1) is 19.6 Å². The Hall–Kier alpha value is -1.71. The Kier molecular flexibility index (Phi) is 3.85. The summed E-state index contributed by atoms with van der Waals surface area (Å²) in [5.74, 6) is 1.14. The van der Waals surface area contributed by atoms with Crippen LogP contribution in [0.4, 0.5) is 5.69 Å². The molecule has 0 radical (unpaired) electrons.